The highest BCUT2D eigenvalue weighted by Gasteiger charge is 2.19. The van der Waals surface area contributed by atoms with E-state index in [1.807, 2.05) is 6.20 Å². The largest absolute Gasteiger partial charge is 0.308 e. The van der Waals surface area contributed by atoms with Gasteiger partial charge in [0.15, 0.2) is 0 Å². The molecule has 1 atom stereocenters. The fraction of sp³-hybridized carbons (Fsp3) is 0.667. The van der Waals surface area contributed by atoms with Crippen LogP contribution in [-0.2, 0) is 6.42 Å². The Morgan fingerprint density at radius 3 is 3.00 bits per heavy atom. The first kappa shape index (κ1) is 14.7. The van der Waals surface area contributed by atoms with Crippen LogP contribution < -0.4 is 5.32 Å². The summed E-state index contributed by atoms with van der Waals surface area (Å²) in [6, 6.07) is 2.98. The zero-order valence-corrected chi connectivity index (χ0v) is 13.4. The lowest BCUT2D eigenvalue weighted by atomic mass is 10.1. The molecule has 0 aliphatic heterocycles. The topological polar surface area (TPSA) is 55.6 Å². The van der Waals surface area contributed by atoms with Crippen molar-refractivity contribution in [2.75, 3.05) is 6.54 Å². The van der Waals surface area contributed by atoms with Crippen molar-refractivity contribution in [3.05, 3.63) is 29.8 Å². The van der Waals surface area contributed by atoms with E-state index in [0.29, 0.717) is 6.04 Å². The van der Waals surface area contributed by atoms with Crippen LogP contribution in [0.4, 0.5) is 0 Å². The molecule has 21 heavy (non-hydrogen) atoms. The molecule has 1 unspecified atom stereocenters. The third-order valence-electron chi connectivity index (χ3n) is 4.15. The van der Waals surface area contributed by atoms with Crippen molar-refractivity contribution in [3.8, 4) is 0 Å². The van der Waals surface area contributed by atoms with E-state index in [2.05, 4.69) is 37.9 Å². The summed E-state index contributed by atoms with van der Waals surface area (Å²) in [4.78, 5) is 0. The highest BCUT2D eigenvalue weighted by Crippen LogP contribution is 2.29. The van der Waals surface area contributed by atoms with Gasteiger partial charge >= 0.3 is 0 Å². The molecule has 114 valence electrons. The first-order chi connectivity index (χ1) is 10.4. The molecule has 3 rings (SSSR count). The van der Waals surface area contributed by atoms with Crippen LogP contribution >= 0.6 is 11.7 Å². The van der Waals surface area contributed by atoms with Crippen LogP contribution in [0.15, 0.2) is 18.5 Å². The quantitative estimate of drug-likeness (QED) is 0.854. The summed E-state index contributed by atoms with van der Waals surface area (Å²) in [6.45, 7) is 3.17. The van der Waals surface area contributed by atoms with Crippen molar-refractivity contribution in [1.82, 2.24) is 23.8 Å². The maximum atomic E-state index is 4.78. The second-order valence-electron chi connectivity index (χ2n) is 5.77. The maximum Gasteiger partial charge on any atom is 0.0916 e. The Balaban J connectivity index is 1.67. The van der Waals surface area contributed by atoms with Crippen LogP contribution in [0, 0.1) is 0 Å². The molecular weight excluding hydrogens is 282 g/mol. The SMILES string of the molecule is CCCNC(Cc1ccn(C2CCCC2)n1)c1cnsn1. The Bertz CT molecular complexity index is 530. The Morgan fingerprint density at radius 1 is 1.43 bits per heavy atom. The predicted octanol–water partition coefficient (Wildman–Crippen LogP) is 3.13. The molecule has 2 aromatic heterocycles. The minimum absolute atomic E-state index is 0.218. The molecule has 0 amide bonds. The van der Waals surface area contributed by atoms with Crippen molar-refractivity contribution in [2.45, 2.75) is 57.5 Å². The molecule has 5 nitrogen and oxygen atoms in total. The van der Waals surface area contributed by atoms with E-state index < -0.39 is 0 Å². The third-order valence-corrected chi connectivity index (χ3v) is 4.64. The number of nitrogens with one attached hydrogen (secondary N) is 1. The van der Waals surface area contributed by atoms with Gasteiger partial charge in [-0.1, -0.05) is 19.8 Å². The molecule has 0 radical (unpaired) electrons. The highest BCUT2D eigenvalue weighted by atomic mass is 32.1. The Labute approximate surface area is 130 Å². The van der Waals surface area contributed by atoms with Gasteiger partial charge in [0.2, 0.25) is 0 Å². The van der Waals surface area contributed by atoms with Crippen molar-refractivity contribution >= 4 is 11.7 Å². The smallest absolute Gasteiger partial charge is 0.0916 e. The Kier molecular flexibility index (Phi) is 4.98. The molecule has 0 spiro atoms. The number of rotatable bonds is 7. The van der Waals surface area contributed by atoms with Gasteiger partial charge in [0.05, 0.1) is 41.4 Å². The Hall–Kier alpha value is -1.27. The van der Waals surface area contributed by atoms with Gasteiger partial charge in [0.25, 0.3) is 0 Å². The molecule has 1 N–H and O–H groups in total. The lowest BCUT2D eigenvalue weighted by Gasteiger charge is -2.15. The van der Waals surface area contributed by atoms with Crippen molar-refractivity contribution in [1.29, 1.82) is 0 Å². The standard InChI is InChI=1S/C15H23N5S/c1-2-8-16-14(15-11-17-21-19-15)10-12-7-9-20(18-12)13-5-3-4-6-13/h7,9,11,13-14,16H,2-6,8,10H2,1H3. The summed E-state index contributed by atoms with van der Waals surface area (Å²) in [5, 5.41) is 8.34. The van der Waals surface area contributed by atoms with E-state index >= 15 is 0 Å². The van der Waals surface area contributed by atoms with Gasteiger partial charge < -0.3 is 5.32 Å². The van der Waals surface area contributed by atoms with Crippen molar-refractivity contribution in [2.24, 2.45) is 0 Å². The van der Waals surface area contributed by atoms with Gasteiger partial charge in [-0.05, 0) is 31.9 Å². The van der Waals surface area contributed by atoms with Crippen LogP contribution in [-0.4, -0.2) is 25.1 Å². The molecule has 6 heteroatoms. The molecular formula is C15H23N5S. The fourth-order valence-electron chi connectivity index (χ4n) is 2.99. The average molecular weight is 305 g/mol. The van der Waals surface area contributed by atoms with Gasteiger partial charge in [-0.3, -0.25) is 4.68 Å². The van der Waals surface area contributed by atoms with Crippen LogP contribution in [0.25, 0.3) is 0 Å². The van der Waals surface area contributed by atoms with E-state index in [1.165, 1.54) is 37.4 Å². The minimum atomic E-state index is 0.218. The first-order valence-corrected chi connectivity index (χ1v) is 8.64. The minimum Gasteiger partial charge on any atom is -0.308 e. The van der Waals surface area contributed by atoms with Crippen LogP contribution in [0.3, 0.4) is 0 Å². The molecule has 0 bridgehead atoms. The van der Waals surface area contributed by atoms with Gasteiger partial charge in [-0.2, -0.15) is 13.8 Å². The fourth-order valence-corrected chi connectivity index (χ4v) is 3.46. The lowest BCUT2D eigenvalue weighted by Crippen LogP contribution is -2.24. The number of nitrogens with zero attached hydrogens (tertiary/aromatic N) is 4. The highest BCUT2D eigenvalue weighted by molar-refractivity contribution is 6.99. The van der Waals surface area contributed by atoms with Gasteiger partial charge in [-0.15, -0.1) is 0 Å². The monoisotopic (exact) mass is 305 g/mol. The van der Waals surface area contributed by atoms with E-state index in [0.717, 1.165) is 30.8 Å². The van der Waals surface area contributed by atoms with Crippen LogP contribution in [0.2, 0.25) is 0 Å². The molecule has 1 aliphatic carbocycles. The molecule has 1 aliphatic rings. The number of aromatic nitrogens is 4. The van der Waals surface area contributed by atoms with Gasteiger partial charge in [0.1, 0.15) is 0 Å². The number of hydrogen-bond donors (Lipinski definition) is 1. The summed E-state index contributed by atoms with van der Waals surface area (Å²) in [5.74, 6) is 0. The molecule has 2 aromatic rings. The van der Waals surface area contributed by atoms with E-state index in [4.69, 9.17) is 5.10 Å². The van der Waals surface area contributed by atoms with Crippen LogP contribution in [0.5, 0.6) is 0 Å². The molecule has 1 saturated carbocycles. The second-order valence-corrected chi connectivity index (χ2v) is 6.33. The molecule has 0 aromatic carbocycles. The average Bonchev–Trinajstić information content (AvgIpc) is 3.24. The molecule has 1 fully saturated rings. The van der Waals surface area contributed by atoms with E-state index in [-0.39, 0.29) is 6.04 Å². The van der Waals surface area contributed by atoms with Crippen LogP contribution in [0.1, 0.15) is 62.5 Å². The summed E-state index contributed by atoms with van der Waals surface area (Å²) >= 11 is 1.27. The van der Waals surface area contributed by atoms with Crippen molar-refractivity contribution < 1.29 is 0 Å². The van der Waals surface area contributed by atoms with Gasteiger partial charge in [0, 0.05) is 12.6 Å². The van der Waals surface area contributed by atoms with Gasteiger partial charge in [-0.25, -0.2) is 0 Å². The maximum absolute atomic E-state index is 4.78. The zero-order valence-electron chi connectivity index (χ0n) is 12.5. The zero-order chi connectivity index (χ0) is 14.5. The third kappa shape index (κ3) is 3.68. The molecule has 2 heterocycles. The summed E-state index contributed by atoms with van der Waals surface area (Å²) in [7, 11) is 0. The predicted molar refractivity (Wildman–Crippen MR) is 84.4 cm³/mol. The van der Waals surface area contributed by atoms with Crippen molar-refractivity contribution in [3.63, 3.8) is 0 Å². The Morgan fingerprint density at radius 2 is 2.29 bits per heavy atom. The summed E-state index contributed by atoms with van der Waals surface area (Å²) in [6.07, 6.45) is 11.2. The molecule has 0 saturated heterocycles. The summed E-state index contributed by atoms with van der Waals surface area (Å²) < 4.78 is 10.7. The lowest BCUT2D eigenvalue weighted by molar-refractivity contribution is 0.455. The summed E-state index contributed by atoms with van der Waals surface area (Å²) in [5.41, 5.74) is 2.17. The number of hydrogen-bond acceptors (Lipinski definition) is 5. The normalized spacial score (nSPS) is 17.4. The first-order valence-electron chi connectivity index (χ1n) is 7.91. The second kappa shape index (κ2) is 7.13. The van der Waals surface area contributed by atoms with E-state index in [9.17, 15) is 0 Å². The van der Waals surface area contributed by atoms with E-state index in [1.54, 1.807) is 0 Å².